The lowest BCUT2D eigenvalue weighted by Crippen LogP contribution is -2.10. The van der Waals surface area contributed by atoms with E-state index >= 15 is 0 Å². The highest BCUT2D eigenvalue weighted by Crippen LogP contribution is 2.44. The first-order chi connectivity index (χ1) is 31.7. The van der Waals surface area contributed by atoms with Gasteiger partial charge in [0.1, 0.15) is 0 Å². The van der Waals surface area contributed by atoms with E-state index in [1.54, 1.807) is 0 Å². The maximum atomic E-state index is 2.43. The highest BCUT2D eigenvalue weighted by molar-refractivity contribution is 6.18. The summed E-state index contributed by atoms with van der Waals surface area (Å²) in [6.07, 6.45) is 0. The fourth-order valence-corrected chi connectivity index (χ4v) is 9.71. The fraction of sp³-hybridized carbons (Fsp3) is 0. The maximum Gasteiger partial charge on any atom is 0.0547 e. The molecule has 0 amide bonds. The van der Waals surface area contributed by atoms with E-state index in [1.165, 1.54) is 71.2 Å². The van der Waals surface area contributed by atoms with E-state index in [1.807, 2.05) is 0 Å². The highest BCUT2D eigenvalue weighted by atomic mass is 15.1. The molecule has 0 unspecified atom stereocenters. The predicted octanol–water partition coefficient (Wildman–Crippen LogP) is 17.2. The van der Waals surface area contributed by atoms with E-state index in [2.05, 4.69) is 264 Å². The molecular formula is C62H42N2. The summed E-state index contributed by atoms with van der Waals surface area (Å²) in [5, 5.41) is 7.43. The van der Waals surface area contributed by atoms with Gasteiger partial charge < -0.3 is 9.47 Å². The lowest BCUT2D eigenvalue weighted by atomic mass is 9.96. The monoisotopic (exact) mass is 814 g/mol. The summed E-state index contributed by atoms with van der Waals surface area (Å²) in [6.45, 7) is 0. The van der Waals surface area contributed by atoms with Crippen molar-refractivity contribution < 1.29 is 0 Å². The minimum Gasteiger partial charge on any atom is -0.310 e. The molecule has 2 nitrogen and oxygen atoms in total. The van der Waals surface area contributed by atoms with Crippen LogP contribution in [0.2, 0.25) is 0 Å². The van der Waals surface area contributed by atoms with E-state index in [0.29, 0.717) is 0 Å². The number of hydrogen-bond acceptors (Lipinski definition) is 1. The molecule has 1 aromatic heterocycles. The predicted molar refractivity (Wildman–Crippen MR) is 272 cm³/mol. The third-order valence-electron chi connectivity index (χ3n) is 12.7. The molecule has 0 radical (unpaired) electrons. The number of anilines is 3. The molecule has 0 aliphatic carbocycles. The van der Waals surface area contributed by atoms with Gasteiger partial charge in [-0.3, -0.25) is 0 Å². The van der Waals surface area contributed by atoms with Crippen LogP contribution < -0.4 is 4.90 Å². The number of nitrogens with zero attached hydrogens (tertiary/aromatic N) is 2. The van der Waals surface area contributed by atoms with Crippen LogP contribution in [-0.2, 0) is 0 Å². The number of hydrogen-bond donors (Lipinski definition) is 0. The van der Waals surface area contributed by atoms with Crippen molar-refractivity contribution in [3.8, 4) is 50.2 Å². The first-order valence-electron chi connectivity index (χ1n) is 22.0. The van der Waals surface area contributed by atoms with Crippen LogP contribution in [0.3, 0.4) is 0 Å². The van der Waals surface area contributed by atoms with Gasteiger partial charge in [-0.05, 0) is 139 Å². The van der Waals surface area contributed by atoms with E-state index < -0.39 is 0 Å². The summed E-state index contributed by atoms with van der Waals surface area (Å²) in [7, 11) is 0. The normalized spacial score (nSPS) is 11.4. The molecule has 0 atom stereocenters. The average molecular weight is 815 g/mol. The van der Waals surface area contributed by atoms with E-state index in [9.17, 15) is 0 Å². The third-order valence-corrected chi connectivity index (χ3v) is 12.7. The molecule has 0 aliphatic rings. The smallest absolute Gasteiger partial charge is 0.0547 e. The Labute approximate surface area is 373 Å². The summed E-state index contributed by atoms with van der Waals surface area (Å²) in [6, 6.07) is 92.8. The second-order valence-electron chi connectivity index (χ2n) is 16.5. The van der Waals surface area contributed by atoms with Crippen molar-refractivity contribution >= 4 is 60.4 Å². The second-order valence-corrected chi connectivity index (χ2v) is 16.5. The zero-order chi connectivity index (χ0) is 42.4. The van der Waals surface area contributed by atoms with Crippen molar-refractivity contribution in [1.82, 2.24) is 4.57 Å². The molecule has 0 saturated carbocycles. The fourth-order valence-electron chi connectivity index (χ4n) is 9.71. The van der Waals surface area contributed by atoms with Crippen LogP contribution in [0.1, 0.15) is 0 Å². The molecule has 0 saturated heterocycles. The van der Waals surface area contributed by atoms with Crippen molar-refractivity contribution in [2.45, 2.75) is 0 Å². The molecular weight excluding hydrogens is 773 g/mol. The van der Waals surface area contributed by atoms with Gasteiger partial charge in [-0.2, -0.15) is 0 Å². The van der Waals surface area contributed by atoms with Crippen LogP contribution in [-0.4, -0.2) is 4.57 Å². The first-order valence-corrected chi connectivity index (χ1v) is 22.0. The van der Waals surface area contributed by atoms with Crippen LogP contribution in [0.4, 0.5) is 17.1 Å². The number of benzene rings is 11. The molecule has 2 heteroatoms. The maximum absolute atomic E-state index is 2.43. The zero-order valence-electron chi connectivity index (χ0n) is 35.1. The van der Waals surface area contributed by atoms with Gasteiger partial charge in [-0.1, -0.05) is 182 Å². The van der Waals surface area contributed by atoms with Crippen LogP contribution >= 0.6 is 0 Å². The van der Waals surface area contributed by atoms with Crippen molar-refractivity contribution in [3.05, 3.63) is 255 Å². The summed E-state index contributed by atoms with van der Waals surface area (Å²) in [5.41, 5.74) is 16.2. The summed E-state index contributed by atoms with van der Waals surface area (Å²) >= 11 is 0. The van der Waals surface area contributed by atoms with Crippen molar-refractivity contribution in [2.75, 3.05) is 4.90 Å². The molecule has 11 aromatic carbocycles. The Hall–Kier alpha value is -8.46. The molecule has 0 bridgehead atoms. The van der Waals surface area contributed by atoms with Crippen molar-refractivity contribution in [3.63, 3.8) is 0 Å². The quantitative estimate of drug-likeness (QED) is 0.148. The SMILES string of the molecule is c1ccc(-c2cc(-c3ccccc3)cc(N(c3ccc(-c4cccc5ccccc45)cc3)c3cccc(-c4cccc5c4c4cc6ccccc6cc4n5-c4ccccc4)c3)c2)cc1. The average Bonchev–Trinajstić information content (AvgIpc) is 3.70. The van der Waals surface area contributed by atoms with Gasteiger partial charge in [-0.25, -0.2) is 0 Å². The van der Waals surface area contributed by atoms with E-state index in [-0.39, 0.29) is 0 Å². The number of rotatable bonds is 8. The molecule has 300 valence electrons. The molecule has 64 heavy (non-hydrogen) atoms. The van der Waals surface area contributed by atoms with Crippen LogP contribution in [0.15, 0.2) is 255 Å². The molecule has 0 aliphatic heterocycles. The molecule has 0 spiro atoms. The van der Waals surface area contributed by atoms with Gasteiger partial charge >= 0.3 is 0 Å². The molecule has 0 fully saturated rings. The molecule has 12 aromatic rings. The molecule has 0 N–H and O–H groups in total. The summed E-state index contributed by atoms with van der Waals surface area (Å²) < 4.78 is 2.43. The van der Waals surface area contributed by atoms with Gasteiger partial charge in [0.2, 0.25) is 0 Å². The Morgan fingerprint density at radius 1 is 0.266 bits per heavy atom. The first kappa shape index (κ1) is 37.3. The third kappa shape index (κ3) is 6.61. The zero-order valence-corrected chi connectivity index (χ0v) is 35.1. The van der Waals surface area contributed by atoms with E-state index in [0.717, 1.165) is 39.4 Å². The number of para-hydroxylation sites is 1. The topological polar surface area (TPSA) is 8.17 Å². The lowest BCUT2D eigenvalue weighted by Gasteiger charge is -2.27. The van der Waals surface area contributed by atoms with Crippen LogP contribution in [0.25, 0.3) is 93.5 Å². The Kier molecular flexibility index (Phi) is 9.20. The Morgan fingerprint density at radius 2 is 0.812 bits per heavy atom. The van der Waals surface area contributed by atoms with Crippen LogP contribution in [0, 0.1) is 0 Å². The van der Waals surface area contributed by atoms with Gasteiger partial charge in [-0.15, -0.1) is 0 Å². The van der Waals surface area contributed by atoms with Gasteiger partial charge in [0.25, 0.3) is 0 Å². The van der Waals surface area contributed by atoms with Gasteiger partial charge in [0, 0.05) is 33.5 Å². The Balaban J connectivity index is 1.08. The minimum atomic E-state index is 1.08. The van der Waals surface area contributed by atoms with E-state index in [4.69, 9.17) is 0 Å². The largest absolute Gasteiger partial charge is 0.310 e. The van der Waals surface area contributed by atoms with Gasteiger partial charge in [0.15, 0.2) is 0 Å². The van der Waals surface area contributed by atoms with Gasteiger partial charge in [0.05, 0.1) is 11.0 Å². The Bertz CT molecular complexity index is 3580. The molecule has 12 rings (SSSR count). The minimum absolute atomic E-state index is 1.08. The van der Waals surface area contributed by atoms with Crippen molar-refractivity contribution in [1.29, 1.82) is 0 Å². The standard InChI is InChI=1S/C62H42N2/c1-4-17-43(18-5-1)50-37-51(44-19-6-2-7-20-44)40-55(39-50)63(53-35-33-46(34-36-53)57-30-15-24-45-21-12-13-29-56(45)57)54-28-14-25-49(38-54)58-31-16-32-60-62(58)59-41-47-22-10-11-23-48(47)42-61(59)64(60)52-26-8-3-9-27-52/h1-42H. The lowest BCUT2D eigenvalue weighted by molar-refractivity contribution is 1.18. The Morgan fingerprint density at radius 3 is 1.53 bits per heavy atom. The summed E-state index contributed by atoms with van der Waals surface area (Å²) in [4.78, 5) is 2.43. The van der Waals surface area contributed by atoms with Crippen LogP contribution in [0.5, 0.6) is 0 Å². The summed E-state index contributed by atoms with van der Waals surface area (Å²) in [5.74, 6) is 0. The highest BCUT2D eigenvalue weighted by Gasteiger charge is 2.20. The number of fused-ring (bicyclic) bond motifs is 5. The number of aromatic nitrogens is 1. The molecule has 1 heterocycles. The van der Waals surface area contributed by atoms with Crippen molar-refractivity contribution in [2.24, 2.45) is 0 Å². The second kappa shape index (κ2) is 15.8.